The first-order valence-electron chi connectivity index (χ1n) is 11.0. The molecular weight excluding hydrogens is 428 g/mol. The second-order valence-electron chi connectivity index (χ2n) is 8.13. The van der Waals surface area contributed by atoms with E-state index in [1.54, 1.807) is 25.3 Å². The molecule has 1 N–H and O–H groups in total. The molecule has 2 aromatic rings. The molecule has 0 aromatic heterocycles. The quantitative estimate of drug-likeness (QED) is 0.588. The van der Waals surface area contributed by atoms with E-state index in [2.05, 4.69) is 5.32 Å². The van der Waals surface area contributed by atoms with Gasteiger partial charge in [0.15, 0.2) is 0 Å². The Balaban J connectivity index is 1.58. The maximum Gasteiger partial charge on any atom is 0.243 e. The molecule has 2 aromatic carbocycles. The van der Waals surface area contributed by atoms with Crippen LogP contribution in [0.2, 0.25) is 0 Å². The number of nitrogens with one attached hydrogen (secondary N) is 1. The Morgan fingerprint density at radius 2 is 1.84 bits per heavy atom. The van der Waals surface area contributed by atoms with Gasteiger partial charge in [-0.05, 0) is 68.5 Å². The molecule has 174 valence electrons. The summed E-state index contributed by atoms with van der Waals surface area (Å²) >= 11 is 0. The first-order valence-corrected chi connectivity index (χ1v) is 12.4. The fourth-order valence-corrected chi connectivity index (χ4v) is 5.33. The monoisotopic (exact) mass is 460 g/mol. The third kappa shape index (κ3) is 6.01. The first-order chi connectivity index (χ1) is 15.3. The number of hydrogen-bond donors (Lipinski definition) is 1. The van der Waals surface area contributed by atoms with E-state index in [4.69, 9.17) is 9.47 Å². The zero-order chi connectivity index (χ0) is 23.1. The minimum absolute atomic E-state index is 0.124. The lowest BCUT2D eigenvalue weighted by atomic mass is 10.1. The molecule has 1 aliphatic heterocycles. The van der Waals surface area contributed by atoms with Gasteiger partial charge in [-0.25, -0.2) is 8.42 Å². The van der Waals surface area contributed by atoms with Crippen LogP contribution in [0.1, 0.15) is 37.3 Å². The molecule has 0 saturated carbocycles. The van der Waals surface area contributed by atoms with Crippen molar-refractivity contribution < 1.29 is 22.7 Å². The molecule has 1 heterocycles. The van der Waals surface area contributed by atoms with E-state index in [1.165, 1.54) is 4.31 Å². The predicted molar refractivity (Wildman–Crippen MR) is 124 cm³/mol. The maximum atomic E-state index is 12.9. The number of methoxy groups -OCH3 is 1. The average Bonchev–Trinajstić information content (AvgIpc) is 3.33. The number of carbonyl (C=O) groups excluding carboxylic acids is 1. The van der Waals surface area contributed by atoms with Crippen molar-refractivity contribution in [3.63, 3.8) is 0 Å². The van der Waals surface area contributed by atoms with Crippen molar-refractivity contribution in [2.75, 3.05) is 26.8 Å². The van der Waals surface area contributed by atoms with Gasteiger partial charge in [-0.2, -0.15) is 4.31 Å². The molecule has 3 rings (SSSR count). The molecule has 1 saturated heterocycles. The molecule has 8 heteroatoms. The molecule has 0 bridgehead atoms. The Morgan fingerprint density at radius 3 is 2.53 bits per heavy atom. The number of nitrogens with zero attached hydrogens (tertiary/aromatic N) is 1. The summed E-state index contributed by atoms with van der Waals surface area (Å²) in [7, 11) is -1.98. The summed E-state index contributed by atoms with van der Waals surface area (Å²) in [6.45, 7) is 5.33. The molecule has 0 radical (unpaired) electrons. The van der Waals surface area contributed by atoms with Crippen molar-refractivity contribution in [3.05, 3.63) is 53.6 Å². The topological polar surface area (TPSA) is 84.9 Å². The first kappa shape index (κ1) is 24.1. The molecule has 1 aliphatic rings. The van der Waals surface area contributed by atoms with Crippen LogP contribution in [0.4, 0.5) is 0 Å². The van der Waals surface area contributed by atoms with Crippen molar-refractivity contribution in [2.45, 2.75) is 50.5 Å². The number of carbonyl (C=O) groups is 1. The summed E-state index contributed by atoms with van der Waals surface area (Å²) in [6, 6.07) is 12.4. The number of rotatable bonds is 10. The highest BCUT2D eigenvalue weighted by Gasteiger charge is 2.27. The van der Waals surface area contributed by atoms with Crippen LogP contribution in [0.25, 0.3) is 0 Å². The van der Waals surface area contributed by atoms with Gasteiger partial charge in [0.25, 0.3) is 0 Å². The van der Waals surface area contributed by atoms with Gasteiger partial charge in [0.2, 0.25) is 15.9 Å². The number of para-hydroxylation sites is 1. The fraction of sp³-hybridized carbons (Fsp3) is 0.458. The molecule has 1 fully saturated rings. The Morgan fingerprint density at radius 1 is 1.12 bits per heavy atom. The van der Waals surface area contributed by atoms with Gasteiger partial charge >= 0.3 is 0 Å². The van der Waals surface area contributed by atoms with Crippen LogP contribution >= 0.6 is 0 Å². The van der Waals surface area contributed by atoms with Gasteiger partial charge in [-0.15, -0.1) is 0 Å². The summed E-state index contributed by atoms with van der Waals surface area (Å²) in [4.78, 5) is 12.7. The second kappa shape index (κ2) is 10.8. The molecule has 0 spiro atoms. The maximum absolute atomic E-state index is 12.9. The lowest BCUT2D eigenvalue weighted by Crippen LogP contribution is -2.37. The third-order valence-corrected chi connectivity index (χ3v) is 7.46. The Labute approximate surface area is 190 Å². The fourth-order valence-electron chi connectivity index (χ4n) is 3.76. The highest BCUT2D eigenvalue weighted by molar-refractivity contribution is 7.89. The summed E-state index contributed by atoms with van der Waals surface area (Å²) < 4.78 is 38.4. The van der Waals surface area contributed by atoms with E-state index in [-0.39, 0.29) is 23.3 Å². The minimum atomic E-state index is -3.52. The smallest absolute Gasteiger partial charge is 0.243 e. The van der Waals surface area contributed by atoms with Gasteiger partial charge in [-0.1, -0.05) is 18.2 Å². The van der Waals surface area contributed by atoms with E-state index in [0.717, 1.165) is 24.2 Å². The third-order valence-electron chi connectivity index (χ3n) is 5.57. The standard InChI is InChI=1S/C24H32N2O5S/c1-18-8-4-5-9-22(18)31-17-19(2)25-24(27)13-10-20-16-21(11-12-23(20)30-3)32(28,29)26-14-6-7-15-26/h4-5,8-9,11-12,16,19H,6-7,10,13-15,17H2,1-3H3,(H,25,27). The molecule has 0 aliphatic carbocycles. The molecular formula is C24H32N2O5S. The van der Waals surface area contributed by atoms with E-state index in [0.29, 0.717) is 37.4 Å². The van der Waals surface area contributed by atoms with Gasteiger partial charge in [0, 0.05) is 19.5 Å². The van der Waals surface area contributed by atoms with Crippen LogP contribution in [-0.4, -0.2) is 51.5 Å². The summed E-state index contributed by atoms with van der Waals surface area (Å²) in [5.74, 6) is 1.25. The predicted octanol–water partition coefficient (Wildman–Crippen LogP) is 3.30. The van der Waals surface area contributed by atoms with Crippen LogP contribution in [0.5, 0.6) is 11.5 Å². The Kier molecular flexibility index (Phi) is 8.15. The van der Waals surface area contributed by atoms with E-state index >= 15 is 0 Å². The van der Waals surface area contributed by atoms with Crippen LogP contribution < -0.4 is 14.8 Å². The van der Waals surface area contributed by atoms with E-state index in [1.807, 2.05) is 38.1 Å². The van der Waals surface area contributed by atoms with Crippen LogP contribution in [0.3, 0.4) is 0 Å². The highest BCUT2D eigenvalue weighted by Crippen LogP contribution is 2.27. The van der Waals surface area contributed by atoms with Gasteiger partial charge in [0.05, 0.1) is 18.0 Å². The van der Waals surface area contributed by atoms with Crippen molar-refractivity contribution in [2.24, 2.45) is 0 Å². The van der Waals surface area contributed by atoms with E-state index in [9.17, 15) is 13.2 Å². The zero-order valence-electron chi connectivity index (χ0n) is 19.0. The van der Waals surface area contributed by atoms with Crippen LogP contribution in [-0.2, 0) is 21.2 Å². The summed E-state index contributed by atoms with van der Waals surface area (Å²) in [5, 5.41) is 2.94. The number of sulfonamides is 1. The van der Waals surface area contributed by atoms with Crippen molar-refractivity contribution in [1.29, 1.82) is 0 Å². The SMILES string of the molecule is COc1ccc(S(=O)(=O)N2CCCC2)cc1CCC(=O)NC(C)COc1ccccc1C. The summed E-state index contributed by atoms with van der Waals surface area (Å²) in [5.41, 5.74) is 1.74. The van der Waals surface area contributed by atoms with Crippen LogP contribution in [0.15, 0.2) is 47.4 Å². The lowest BCUT2D eigenvalue weighted by molar-refractivity contribution is -0.121. The molecule has 1 atom stereocenters. The van der Waals surface area contributed by atoms with Crippen molar-refractivity contribution in [1.82, 2.24) is 9.62 Å². The van der Waals surface area contributed by atoms with E-state index < -0.39 is 10.0 Å². The van der Waals surface area contributed by atoms with Crippen LogP contribution in [0, 0.1) is 6.92 Å². The zero-order valence-corrected chi connectivity index (χ0v) is 19.8. The normalized spacial score (nSPS) is 15.3. The largest absolute Gasteiger partial charge is 0.496 e. The number of hydrogen-bond acceptors (Lipinski definition) is 5. The average molecular weight is 461 g/mol. The van der Waals surface area contributed by atoms with Crippen molar-refractivity contribution in [3.8, 4) is 11.5 Å². The second-order valence-corrected chi connectivity index (χ2v) is 10.1. The minimum Gasteiger partial charge on any atom is -0.496 e. The highest BCUT2D eigenvalue weighted by atomic mass is 32.2. The molecule has 1 amide bonds. The van der Waals surface area contributed by atoms with Crippen molar-refractivity contribution >= 4 is 15.9 Å². The molecule has 1 unspecified atom stereocenters. The Hall–Kier alpha value is -2.58. The number of benzene rings is 2. The molecule has 7 nitrogen and oxygen atoms in total. The van der Waals surface area contributed by atoms with Gasteiger partial charge in [0.1, 0.15) is 18.1 Å². The number of ether oxygens (including phenoxy) is 2. The number of aryl methyl sites for hydroxylation is 2. The van der Waals surface area contributed by atoms with Gasteiger partial charge in [-0.3, -0.25) is 4.79 Å². The number of amides is 1. The molecule has 32 heavy (non-hydrogen) atoms. The summed E-state index contributed by atoms with van der Waals surface area (Å²) in [6.07, 6.45) is 2.37. The van der Waals surface area contributed by atoms with Gasteiger partial charge < -0.3 is 14.8 Å². The lowest BCUT2D eigenvalue weighted by Gasteiger charge is -2.18. The Bertz CT molecular complexity index is 1030.